The molecule has 1 heterocycles. The lowest BCUT2D eigenvalue weighted by atomic mass is 9.81. The molecule has 0 aliphatic heterocycles. The summed E-state index contributed by atoms with van der Waals surface area (Å²) in [7, 11) is 0. The maximum Gasteiger partial charge on any atom is 0.255 e. The molecule has 3 N–H and O–H groups in total. The lowest BCUT2D eigenvalue weighted by molar-refractivity contribution is 0.0906. The Morgan fingerprint density at radius 2 is 1.80 bits per heavy atom. The van der Waals surface area contributed by atoms with E-state index >= 15 is 0 Å². The topological polar surface area (TPSA) is 68.3 Å². The monoisotopic (exact) mass is 294 g/mol. The van der Waals surface area contributed by atoms with Gasteiger partial charge in [-0.2, -0.15) is 0 Å². The smallest absolute Gasteiger partial charge is 0.255 e. The second kappa shape index (κ2) is 5.56. The third kappa shape index (κ3) is 2.59. The van der Waals surface area contributed by atoms with Crippen molar-refractivity contribution in [3.05, 3.63) is 22.6 Å². The molecule has 1 aliphatic rings. The molecule has 1 amide bonds. The minimum absolute atomic E-state index is 0.133. The Bertz CT molecular complexity index is 542. The number of hydrogen-bond acceptors (Lipinski definition) is 3. The van der Waals surface area contributed by atoms with Crippen LogP contribution in [-0.4, -0.2) is 16.4 Å². The Balaban J connectivity index is 2.27. The molecule has 0 spiro atoms. The molecule has 0 saturated heterocycles. The molecule has 0 unspecified atom stereocenters. The summed E-state index contributed by atoms with van der Waals surface area (Å²) in [4.78, 5) is 13.0. The van der Waals surface area contributed by atoms with Crippen molar-refractivity contribution in [3.63, 3.8) is 0 Å². The molecule has 2 rings (SSSR count). The van der Waals surface area contributed by atoms with Crippen LogP contribution in [0.2, 0.25) is 0 Å². The van der Waals surface area contributed by atoms with Crippen molar-refractivity contribution in [2.75, 3.05) is 0 Å². The second-order valence-electron chi connectivity index (χ2n) is 5.68. The number of rotatable bonds is 3. The molecule has 5 heteroatoms. The Morgan fingerprint density at radius 3 is 2.25 bits per heavy atom. The van der Waals surface area contributed by atoms with Crippen LogP contribution in [0.5, 0.6) is 0 Å². The van der Waals surface area contributed by atoms with Gasteiger partial charge in [-0.05, 0) is 33.6 Å². The zero-order valence-corrected chi connectivity index (χ0v) is 13.2. The van der Waals surface area contributed by atoms with Crippen LogP contribution in [0.25, 0.3) is 0 Å². The van der Waals surface area contributed by atoms with Gasteiger partial charge in [-0.25, -0.2) is 0 Å². The van der Waals surface area contributed by atoms with E-state index in [1.807, 2.05) is 20.8 Å². The highest BCUT2D eigenvalue weighted by Crippen LogP contribution is 2.30. The second-order valence-corrected chi connectivity index (χ2v) is 6.12. The van der Waals surface area contributed by atoms with E-state index in [1.54, 1.807) is 0 Å². The summed E-state index contributed by atoms with van der Waals surface area (Å²) < 4.78 is 5.52. The highest BCUT2D eigenvalue weighted by molar-refractivity contribution is 7.80. The van der Waals surface area contributed by atoms with E-state index in [1.165, 1.54) is 6.42 Å². The zero-order chi connectivity index (χ0) is 14.9. The number of nitrogens with two attached hydrogens (primary N) is 1. The molecule has 1 aromatic heterocycles. The average Bonchev–Trinajstić information content (AvgIpc) is 2.64. The van der Waals surface area contributed by atoms with Crippen LogP contribution in [0, 0.1) is 20.8 Å². The average molecular weight is 294 g/mol. The van der Waals surface area contributed by atoms with Crippen LogP contribution in [-0.2, 0) is 0 Å². The third-order valence-electron chi connectivity index (χ3n) is 4.32. The molecule has 110 valence electrons. The molecule has 1 fully saturated rings. The number of furan rings is 1. The van der Waals surface area contributed by atoms with Crippen LogP contribution >= 0.6 is 12.2 Å². The van der Waals surface area contributed by atoms with Crippen molar-refractivity contribution in [2.24, 2.45) is 5.73 Å². The summed E-state index contributed by atoms with van der Waals surface area (Å²) >= 11 is 5.21. The Labute approximate surface area is 125 Å². The fourth-order valence-electron chi connectivity index (χ4n) is 3.00. The molecular weight excluding hydrogens is 272 g/mol. The van der Waals surface area contributed by atoms with Gasteiger partial charge in [-0.1, -0.05) is 31.5 Å². The molecule has 1 aromatic rings. The molecule has 4 nitrogen and oxygen atoms in total. The summed E-state index contributed by atoms with van der Waals surface area (Å²) in [6.45, 7) is 5.57. The van der Waals surface area contributed by atoms with Crippen molar-refractivity contribution in [3.8, 4) is 0 Å². The van der Waals surface area contributed by atoms with Gasteiger partial charge in [0.05, 0.1) is 16.1 Å². The van der Waals surface area contributed by atoms with E-state index in [0.717, 1.165) is 37.0 Å². The minimum atomic E-state index is -0.533. The number of aryl methyl sites for hydroxylation is 2. The van der Waals surface area contributed by atoms with Gasteiger partial charge in [0.2, 0.25) is 0 Å². The van der Waals surface area contributed by atoms with Crippen LogP contribution in [0.1, 0.15) is 59.5 Å². The summed E-state index contributed by atoms with van der Waals surface area (Å²) in [5.74, 6) is 1.29. The fraction of sp³-hybridized carbons (Fsp3) is 0.600. The normalized spacial score (nSPS) is 17.8. The van der Waals surface area contributed by atoms with Crippen LogP contribution in [0.15, 0.2) is 4.42 Å². The third-order valence-corrected chi connectivity index (χ3v) is 4.71. The van der Waals surface area contributed by atoms with E-state index in [-0.39, 0.29) is 5.91 Å². The van der Waals surface area contributed by atoms with Gasteiger partial charge in [0, 0.05) is 5.56 Å². The van der Waals surface area contributed by atoms with Crippen molar-refractivity contribution in [1.82, 2.24) is 5.32 Å². The van der Waals surface area contributed by atoms with Crippen molar-refractivity contribution >= 4 is 23.1 Å². The molecular formula is C15H22N2O2S. The van der Waals surface area contributed by atoms with E-state index < -0.39 is 5.54 Å². The Morgan fingerprint density at radius 1 is 1.20 bits per heavy atom. The maximum atomic E-state index is 12.6. The quantitative estimate of drug-likeness (QED) is 0.841. The summed E-state index contributed by atoms with van der Waals surface area (Å²) in [5.41, 5.74) is 6.87. The minimum Gasteiger partial charge on any atom is -0.466 e. The molecule has 1 aliphatic carbocycles. The summed E-state index contributed by atoms with van der Waals surface area (Å²) in [5, 5.41) is 3.08. The lowest BCUT2D eigenvalue weighted by Gasteiger charge is -2.37. The highest BCUT2D eigenvalue weighted by atomic mass is 32.1. The maximum absolute atomic E-state index is 12.6. The zero-order valence-electron chi connectivity index (χ0n) is 12.3. The van der Waals surface area contributed by atoms with E-state index in [9.17, 15) is 4.79 Å². The highest BCUT2D eigenvalue weighted by Gasteiger charge is 2.37. The number of carbonyl (C=O) groups excluding carboxylic acids is 1. The Kier molecular flexibility index (Phi) is 4.18. The SMILES string of the molecule is Cc1oc(C)c(C(=O)NC2(C(N)=S)CCCCC2)c1C. The number of carbonyl (C=O) groups is 1. The van der Waals surface area contributed by atoms with Gasteiger partial charge in [0.15, 0.2) is 0 Å². The fourth-order valence-corrected chi connectivity index (χ4v) is 3.25. The van der Waals surface area contributed by atoms with Crippen molar-refractivity contribution in [2.45, 2.75) is 58.4 Å². The number of thiocarbonyl (C=S) groups is 1. The van der Waals surface area contributed by atoms with Crippen molar-refractivity contribution in [1.29, 1.82) is 0 Å². The van der Waals surface area contributed by atoms with Gasteiger partial charge in [-0.3, -0.25) is 4.79 Å². The first kappa shape index (κ1) is 15.0. The first-order valence-electron chi connectivity index (χ1n) is 7.06. The molecule has 1 saturated carbocycles. The Hall–Kier alpha value is -1.36. The molecule has 0 radical (unpaired) electrons. The molecule has 20 heavy (non-hydrogen) atoms. The van der Waals surface area contributed by atoms with Crippen LogP contribution < -0.4 is 11.1 Å². The largest absolute Gasteiger partial charge is 0.466 e. The van der Waals surface area contributed by atoms with E-state index in [4.69, 9.17) is 22.4 Å². The van der Waals surface area contributed by atoms with E-state index in [2.05, 4.69) is 5.32 Å². The predicted molar refractivity (Wildman–Crippen MR) is 83.0 cm³/mol. The number of amides is 1. The number of hydrogen-bond donors (Lipinski definition) is 2. The summed E-state index contributed by atoms with van der Waals surface area (Å²) in [6, 6.07) is 0. The molecule has 0 atom stereocenters. The number of nitrogens with one attached hydrogen (secondary N) is 1. The van der Waals surface area contributed by atoms with Gasteiger partial charge in [0.1, 0.15) is 11.5 Å². The van der Waals surface area contributed by atoms with Crippen LogP contribution in [0.4, 0.5) is 0 Å². The molecule has 0 bridgehead atoms. The predicted octanol–water partition coefficient (Wildman–Crippen LogP) is 2.92. The van der Waals surface area contributed by atoms with Crippen LogP contribution in [0.3, 0.4) is 0 Å². The first-order valence-corrected chi connectivity index (χ1v) is 7.47. The van der Waals surface area contributed by atoms with Gasteiger partial charge < -0.3 is 15.5 Å². The van der Waals surface area contributed by atoms with Gasteiger partial charge >= 0.3 is 0 Å². The van der Waals surface area contributed by atoms with Gasteiger partial charge in [-0.15, -0.1) is 0 Å². The lowest BCUT2D eigenvalue weighted by Crippen LogP contribution is -2.57. The van der Waals surface area contributed by atoms with Crippen molar-refractivity contribution < 1.29 is 9.21 Å². The first-order chi connectivity index (χ1) is 9.37. The van der Waals surface area contributed by atoms with Gasteiger partial charge in [0.25, 0.3) is 5.91 Å². The summed E-state index contributed by atoms with van der Waals surface area (Å²) in [6.07, 6.45) is 4.90. The van der Waals surface area contributed by atoms with E-state index in [0.29, 0.717) is 16.3 Å². The standard InChI is InChI=1S/C15H22N2O2S/c1-9-10(2)19-11(3)12(9)13(18)17-15(14(16)20)7-5-4-6-8-15/h4-8H2,1-3H3,(H2,16,20)(H,17,18). The molecule has 0 aromatic carbocycles.